The maximum Gasteiger partial charge on any atom is 0.124 e. The first-order valence-corrected chi connectivity index (χ1v) is 7.15. The van der Waals surface area contributed by atoms with Crippen molar-refractivity contribution in [1.29, 1.82) is 0 Å². The van der Waals surface area contributed by atoms with Gasteiger partial charge in [0.2, 0.25) is 0 Å². The molecule has 0 aromatic heterocycles. The van der Waals surface area contributed by atoms with Gasteiger partial charge in [-0.1, -0.05) is 25.4 Å². The van der Waals surface area contributed by atoms with Crippen molar-refractivity contribution >= 4 is 11.6 Å². The van der Waals surface area contributed by atoms with Crippen molar-refractivity contribution in [2.24, 2.45) is 0 Å². The Morgan fingerprint density at radius 2 is 2.11 bits per heavy atom. The summed E-state index contributed by atoms with van der Waals surface area (Å²) in [6.45, 7) is 8.99. The fourth-order valence-electron chi connectivity index (χ4n) is 1.74. The fourth-order valence-corrected chi connectivity index (χ4v) is 1.92. The van der Waals surface area contributed by atoms with E-state index in [9.17, 15) is 5.11 Å². The number of ether oxygens (including phenoxy) is 1. The van der Waals surface area contributed by atoms with E-state index < -0.39 is 5.60 Å². The molecule has 2 atom stereocenters. The molecule has 0 aliphatic carbocycles. The van der Waals surface area contributed by atoms with E-state index in [1.807, 2.05) is 19.1 Å². The van der Waals surface area contributed by atoms with Crippen LogP contribution in [0.1, 0.15) is 45.7 Å². The summed E-state index contributed by atoms with van der Waals surface area (Å²) in [6.07, 6.45) is 0.651. The van der Waals surface area contributed by atoms with Gasteiger partial charge in [0.15, 0.2) is 0 Å². The predicted molar refractivity (Wildman–Crippen MR) is 80.0 cm³/mol. The highest BCUT2D eigenvalue weighted by Gasteiger charge is 2.20. The van der Waals surface area contributed by atoms with E-state index in [2.05, 4.69) is 19.2 Å². The van der Waals surface area contributed by atoms with Gasteiger partial charge in [0, 0.05) is 16.6 Å². The van der Waals surface area contributed by atoms with Gasteiger partial charge in [0.25, 0.3) is 0 Å². The summed E-state index contributed by atoms with van der Waals surface area (Å²) in [7, 11) is 0. The van der Waals surface area contributed by atoms with Crippen molar-refractivity contribution in [1.82, 2.24) is 5.32 Å². The second-order valence-electron chi connectivity index (χ2n) is 5.10. The second kappa shape index (κ2) is 7.13. The third-order valence-electron chi connectivity index (χ3n) is 3.25. The average molecular weight is 286 g/mol. The molecule has 2 unspecified atom stereocenters. The maximum atomic E-state index is 10.0. The molecule has 0 aliphatic rings. The Kier molecular flexibility index (Phi) is 6.11. The quantitative estimate of drug-likeness (QED) is 0.805. The smallest absolute Gasteiger partial charge is 0.124 e. The van der Waals surface area contributed by atoms with Crippen molar-refractivity contribution in [3.8, 4) is 5.75 Å². The minimum atomic E-state index is -0.807. The van der Waals surface area contributed by atoms with Crippen LogP contribution >= 0.6 is 11.6 Å². The van der Waals surface area contributed by atoms with Crippen LogP contribution in [0, 0.1) is 0 Å². The molecular weight excluding hydrogens is 262 g/mol. The van der Waals surface area contributed by atoms with Crippen molar-refractivity contribution in [2.45, 2.75) is 45.8 Å². The zero-order valence-corrected chi connectivity index (χ0v) is 12.9. The molecule has 0 fully saturated rings. The van der Waals surface area contributed by atoms with Gasteiger partial charge in [-0.3, -0.25) is 0 Å². The number of benzene rings is 1. The zero-order valence-electron chi connectivity index (χ0n) is 12.2. The van der Waals surface area contributed by atoms with Crippen LogP contribution in [0.5, 0.6) is 5.75 Å². The van der Waals surface area contributed by atoms with Gasteiger partial charge < -0.3 is 15.2 Å². The SMILES string of the molecule is CCNC(C)c1cc(Cl)ccc1OCC(C)(O)CC. The number of aliphatic hydroxyl groups is 1. The van der Waals surface area contributed by atoms with Crippen LogP contribution in [0.25, 0.3) is 0 Å². The normalized spacial score (nSPS) is 15.9. The summed E-state index contributed by atoms with van der Waals surface area (Å²) in [5.41, 5.74) is 0.208. The highest BCUT2D eigenvalue weighted by molar-refractivity contribution is 6.30. The average Bonchev–Trinajstić information content (AvgIpc) is 2.37. The molecule has 0 heterocycles. The van der Waals surface area contributed by atoms with Gasteiger partial charge in [0.05, 0.1) is 5.60 Å². The van der Waals surface area contributed by atoms with Gasteiger partial charge in [-0.15, -0.1) is 0 Å². The van der Waals surface area contributed by atoms with E-state index in [0.717, 1.165) is 17.9 Å². The molecule has 1 aromatic carbocycles. The molecule has 108 valence electrons. The van der Waals surface area contributed by atoms with Gasteiger partial charge in [0.1, 0.15) is 12.4 Å². The predicted octanol–water partition coefficient (Wildman–Crippen LogP) is 3.55. The Morgan fingerprint density at radius 1 is 1.42 bits per heavy atom. The number of rotatable bonds is 7. The summed E-state index contributed by atoms with van der Waals surface area (Å²) >= 11 is 6.05. The summed E-state index contributed by atoms with van der Waals surface area (Å²) < 4.78 is 5.77. The minimum absolute atomic E-state index is 0.158. The van der Waals surface area contributed by atoms with Crippen LogP contribution in [-0.4, -0.2) is 23.9 Å². The maximum absolute atomic E-state index is 10.0. The van der Waals surface area contributed by atoms with Crippen LogP contribution in [-0.2, 0) is 0 Å². The molecule has 0 aliphatic heterocycles. The molecular formula is C15H24ClNO2. The third-order valence-corrected chi connectivity index (χ3v) is 3.48. The van der Waals surface area contributed by atoms with Crippen LogP contribution in [0.4, 0.5) is 0 Å². The van der Waals surface area contributed by atoms with E-state index in [1.54, 1.807) is 13.0 Å². The monoisotopic (exact) mass is 285 g/mol. The first-order chi connectivity index (χ1) is 8.89. The molecule has 0 bridgehead atoms. The van der Waals surface area contributed by atoms with E-state index in [4.69, 9.17) is 16.3 Å². The summed E-state index contributed by atoms with van der Waals surface area (Å²) in [6, 6.07) is 5.73. The van der Waals surface area contributed by atoms with Crippen molar-refractivity contribution < 1.29 is 9.84 Å². The molecule has 0 saturated carbocycles. The number of nitrogens with one attached hydrogen (secondary N) is 1. The summed E-state index contributed by atoms with van der Waals surface area (Å²) in [5.74, 6) is 0.770. The molecule has 1 aromatic rings. The molecule has 3 nitrogen and oxygen atoms in total. The molecule has 19 heavy (non-hydrogen) atoms. The molecule has 0 amide bonds. The number of halogens is 1. The first kappa shape index (κ1) is 16.3. The van der Waals surface area contributed by atoms with E-state index in [-0.39, 0.29) is 12.6 Å². The largest absolute Gasteiger partial charge is 0.490 e. The van der Waals surface area contributed by atoms with E-state index >= 15 is 0 Å². The highest BCUT2D eigenvalue weighted by Crippen LogP contribution is 2.29. The Bertz CT molecular complexity index is 407. The van der Waals surface area contributed by atoms with Crippen LogP contribution in [0.2, 0.25) is 5.02 Å². The van der Waals surface area contributed by atoms with E-state index in [1.165, 1.54) is 0 Å². The Balaban J connectivity index is 2.87. The van der Waals surface area contributed by atoms with Gasteiger partial charge in [-0.2, -0.15) is 0 Å². The van der Waals surface area contributed by atoms with Crippen molar-refractivity contribution in [3.05, 3.63) is 28.8 Å². The number of hydrogen-bond donors (Lipinski definition) is 2. The molecule has 0 saturated heterocycles. The summed E-state index contributed by atoms with van der Waals surface area (Å²) in [5, 5.41) is 14.0. The van der Waals surface area contributed by atoms with Crippen molar-refractivity contribution in [2.75, 3.05) is 13.2 Å². The third kappa shape index (κ3) is 5.01. The second-order valence-corrected chi connectivity index (χ2v) is 5.54. The zero-order chi connectivity index (χ0) is 14.5. The van der Waals surface area contributed by atoms with Gasteiger partial charge in [-0.05, 0) is 45.0 Å². The lowest BCUT2D eigenvalue weighted by atomic mass is 10.0. The first-order valence-electron chi connectivity index (χ1n) is 6.77. The molecule has 0 radical (unpaired) electrons. The van der Waals surface area contributed by atoms with Gasteiger partial charge >= 0.3 is 0 Å². The van der Waals surface area contributed by atoms with Crippen LogP contribution in [0.15, 0.2) is 18.2 Å². The molecule has 1 rings (SSSR count). The lowest BCUT2D eigenvalue weighted by Gasteiger charge is -2.24. The van der Waals surface area contributed by atoms with E-state index in [0.29, 0.717) is 11.4 Å². The summed E-state index contributed by atoms with van der Waals surface area (Å²) in [4.78, 5) is 0. The lowest BCUT2D eigenvalue weighted by Crippen LogP contribution is -2.31. The lowest BCUT2D eigenvalue weighted by molar-refractivity contribution is 0.00805. The Morgan fingerprint density at radius 3 is 2.68 bits per heavy atom. The topological polar surface area (TPSA) is 41.5 Å². The Labute approximate surface area is 120 Å². The molecule has 2 N–H and O–H groups in total. The molecule has 4 heteroatoms. The Hall–Kier alpha value is -0.770. The standard InChI is InChI=1S/C15H24ClNO2/c1-5-15(4,18)10-19-14-8-7-12(16)9-13(14)11(3)17-6-2/h7-9,11,17-18H,5-6,10H2,1-4H3. The van der Waals surface area contributed by atoms with Gasteiger partial charge in [-0.25, -0.2) is 0 Å². The minimum Gasteiger partial charge on any atom is -0.490 e. The highest BCUT2D eigenvalue weighted by atomic mass is 35.5. The van der Waals surface area contributed by atoms with Crippen molar-refractivity contribution in [3.63, 3.8) is 0 Å². The molecule has 0 spiro atoms. The number of hydrogen-bond acceptors (Lipinski definition) is 3. The van der Waals surface area contributed by atoms with Crippen LogP contribution in [0.3, 0.4) is 0 Å². The fraction of sp³-hybridized carbons (Fsp3) is 0.600. The van der Waals surface area contributed by atoms with Crippen LogP contribution < -0.4 is 10.1 Å².